The summed E-state index contributed by atoms with van der Waals surface area (Å²) in [5.74, 6) is 1.35. The number of nitrogen functional groups attached to an aromatic ring is 2. The molecule has 0 radical (unpaired) electrons. The molecule has 8 N–H and O–H groups in total. The van der Waals surface area contributed by atoms with Gasteiger partial charge in [-0.25, -0.2) is 0 Å². The number of anilines is 2. The average Bonchev–Trinajstić information content (AvgIpc) is 2.67. The van der Waals surface area contributed by atoms with Crippen LogP contribution in [0.4, 0.5) is 11.4 Å². The molecule has 0 bridgehead atoms. The van der Waals surface area contributed by atoms with Crippen molar-refractivity contribution in [2.24, 2.45) is 11.5 Å². The number of hydrogen-bond acceptors (Lipinski definition) is 5. The molecule has 0 aliphatic carbocycles. The van der Waals surface area contributed by atoms with Gasteiger partial charge < -0.3 is 27.7 Å². The molecule has 5 nitrogen and oxygen atoms in total. The minimum atomic E-state index is -0.137. The summed E-state index contributed by atoms with van der Waals surface area (Å²) in [5.41, 5.74) is 27.7. The van der Waals surface area contributed by atoms with E-state index in [1.54, 1.807) is 0 Å². The second kappa shape index (κ2) is 8.19. The van der Waals surface area contributed by atoms with E-state index >= 15 is 0 Å². The Morgan fingerprint density at radius 3 is 1.37 bits per heavy atom. The van der Waals surface area contributed by atoms with E-state index in [9.17, 15) is 0 Å². The lowest BCUT2D eigenvalue weighted by Crippen LogP contribution is -2.31. The van der Waals surface area contributed by atoms with E-state index in [1.807, 2.05) is 36.4 Å². The van der Waals surface area contributed by atoms with Crippen molar-refractivity contribution in [2.75, 3.05) is 24.6 Å². The van der Waals surface area contributed by atoms with Crippen LogP contribution in [0, 0.1) is 0 Å². The maximum atomic E-state index is 6.29. The summed E-state index contributed by atoms with van der Waals surface area (Å²) in [7, 11) is 0. The lowest BCUT2D eigenvalue weighted by Gasteiger charge is -2.29. The molecule has 0 aliphatic heterocycles. The van der Waals surface area contributed by atoms with Gasteiger partial charge in [-0.2, -0.15) is 0 Å². The lowest BCUT2D eigenvalue weighted by molar-refractivity contribution is 0.460. The van der Waals surface area contributed by atoms with Gasteiger partial charge in [0, 0.05) is 47.4 Å². The maximum absolute atomic E-state index is 6.29. The van der Waals surface area contributed by atoms with Crippen molar-refractivity contribution >= 4 is 11.4 Å². The van der Waals surface area contributed by atoms with Crippen LogP contribution in [0.2, 0.25) is 0 Å². The van der Waals surface area contributed by atoms with Crippen LogP contribution in [0.25, 0.3) is 0 Å². The van der Waals surface area contributed by atoms with Gasteiger partial charge in [0.15, 0.2) is 0 Å². The normalized spacial score (nSPS) is 15.8. The Kier molecular flexibility index (Phi) is 6.39. The van der Waals surface area contributed by atoms with Crippen molar-refractivity contribution in [2.45, 2.75) is 51.4 Å². The Bertz CT molecular complexity index is 714. The highest BCUT2D eigenvalue weighted by Gasteiger charge is 2.26. The third-order valence-electron chi connectivity index (χ3n) is 6.04. The molecule has 2 atom stereocenters. The van der Waals surface area contributed by atoms with Crippen LogP contribution < -0.4 is 27.7 Å². The van der Waals surface area contributed by atoms with Crippen LogP contribution in [0.5, 0.6) is 11.5 Å². The topological polar surface area (TPSA) is 113 Å². The van der Waals surface area contributed by atoms with Crippen molar-refractivity contribution in [3.05, 3.63) is 47.5 Å². The fraction of sp³-hybridized carbons (Fsp3) is 0.455. The van der Waals surface area contributed by atoms with E-state index in [-0.39, 0.29) is 10.8 Å². The fourth-order valence-electron chi connectivity index (χ4n) is 3.33. The molecular weight excluding hydrogens is 336 g/mol. The summed E-state index contributed by atoms with van der Waals surface area (Å²) < 4.78 is 5.99. The summed E-state index contributed by atoms with van der Waals surface area (Å²) in [4.78, 5) is 0. The maximum Gasteiger partial charge on any atom is 0.129 e. The molecule has 0 heterocycles. The Labute approximate surface area is 163 Å². The number of nitrogens with two attached hydrogens (primary N) is 4. The molecule has 2 aromatic rings. The first kappa shape index (κ1) is 21.1. The van der Waals surface area contributed by atoms with Crippen LogP contribution in [0.1, 0.15) is 51.7 Å². The molecule has 0 saturated carbocycles. The fourth-order valence-corrected chi connectivity index (χ4v) is 3.33. The van der Waals surface area contributed by atoms with Crippen molar-refractivity contribution < 1.29 is 4.74 Å². The van der Waals surface area contributed by atoms with Crippen LogP contribution >= 0.6 is 0 Å². The van der Waals surface area contributed by atoms with E-state index in [4.69, 9.17) is 27.7 Å². The Morgan fingerprint density at radius 1 is 0.741 bits per heavy atom. The van der Waals surface area contributed by atoms with Crippen LogP contribution in [0.15, 0.2) is 36.4 Å². The molecule has 27 heavy (non-hydrogen) atoms. The quantitative estimate of drug-likeness (QED) is 0.526. The van der Waals surface area contributed by atoms with E-state index in [0.717, 1.165) is 24.0 Å². The monoisotopic (exact) mass is 370 g/mol. The molecular formula is C22H34N4O. The van der Waals surface area contributed by atoms with E-state index in [1.165, 1.54) is 0 Å². The zero-order chi connectivity index (χ0) is 20.2. The van der Waals surface area contributed by atoms with E-state index in [0.29, 0.717) is 36.0 Å². The second-order valence-corrected chi connectivity index (χ2v) is 7.84. The molecule has 0 aliphatic rings. The number of ether oxygens (including phenoxy) is 1. The van der Waals surface area contributed by atoms with Gasteiger partial charge in [0.05, 0.1) is 0 Å². The molecule has 2 rings (SSSR count). The summed E-state index contributed by atoms with van der Waals surface area (Å²) in [6.45, 7) is 9.58. The van der Waals surface area contributed by atoms with Crippen molar-refractivity contribution in [3.63, 3.8) is 0 Å². The highest BCUT2D eigenvalue weighted by atomic mass is 16.5. The Balaban J connectivity index is 2.28. The van der Waals surface area contributed by atoms with E-state index < -0.39 is 0 Å². The first-order valence-corrected chi connectivity index (χ1v) is 9.61. The molecule has 2 unspecified atom stereocenters. The van der Waals surface area contributed by atoms with Gasteiger partial charge >= 0.3 is 0 Å². The first-order valence-electron chi connectivity index (χ1n) is 9.61. The molecule has 5 heteroatoms. The number of rotatable bonds is 8. The largest absolute Gasteiger partial charge is 0.457 e. The minimum absolute atomic E-state index is 0.137. The summed E-state index contributed by atoms with van der Waals surface area (Å²) in [6, 6.07) is 11.5. The van der Waals surface area contributed by atoms with Crippen molar-refractivity contribution in [1.82, 2.24) is 0 Å². The minimum Gasteiger partial charge on any atom is -0.457 e. The van der Waals surface area contributed by atoms with Gasteiger partial charge in [-0.15, -0.1) is 0 Å². The summed E-state index contributed by atoms with van der Waals surface area (Å²) in [5, 5.41) is 0. The standard InChI is InChI=1S/C22H34N4O/c1-5-21(3,13-23)17-9-7-15(11-19(17)25)27-16-8-10-18(20(26)12-16)22(4,6-2)14-24/h7-12H,5-6,13-14,23-26H2,1-4H3. The van der Waals surface area contributed by atoms with Gasteiger partial charge in [-0.3, -0.25) is 0 Å². The van der Waals surface area contributed by atoms with Gasteiger partial charge in [-0.05, 0) is 36.1 Å². The molecule has 148 valence electrons. The smallest absolute Gasteiger partial charge is 0.129 e. The van der Waals surface area contributed by atoms with Gasteiger partial charge in [-0.1, -0.05) is 39.8 Å². The van der Waals surface area contributed by atoms with E-state index in [2.05, 4.69) is 27.7 Å². The number of benzene rings is 2. The number of hydrogen-bond donors (Lipinski definition) is 4. The van der Waals surface area contributed by atoms with Gasteiger partial charge in [0.1, 0.15) is 11.5 Å². The summed E-state index contributed by atoms with van der Waals surface area (Å²) >= 11 is 0. The molecule has 0 amide bonds. The highest BCUT2D eigenvalue weighted by molar-refractivity contribution is 5.58. The molecule has 2 aromatic carbocycles. The van der Waals surface area contributed by atoms with Crippen LogP contribution in [-0.4, -0.2) is 13.1 Å². The molecule has 0 aromatic heterocycles. The summed E-state index contributed by atoms with van der Waals surface area (Å²) in [6.07, 6.45) is 1.84. The first-order chi connectivity index (χ1) is 12.7. The van der Waals surface area contributed by atoms with Gasteiger partial charge in [0.25, 0.3) is 0 Å². The SMILES string of the molecule is CCC(C)(CN)c1ccc(Oc2ccc(C(C)(CC)CN)c(N)c2)cc1N. The predicted molar refractivity (Wildman–Crippen MR) is 115 cm³/mol. The molecule has 0 saturated heterocycles. The van der Waals surface area contributed by atoms with Crippen LogP contribution in [-0.2, 0) is 10.8 Å². The lowest BCUT2D eigenvalue weighted by atomic mass is 9.79. The van der Waals surface area contributed by atoms with Crippen LogP contribution in [0.3, 0.4) is 0 Å². The molecule has 0 fully saturated rings. The molecule has 0 spiro atoms. The zero-order valence-corrected chi connectivity index (χ0v) is 17.0. The highest BCUT2D eigenvalue weighted by Crippen LogP contribution is 2.36. The third kappa shape index (κ3) is 4.20. The second-order valence-electron chi connectivity index (χ2n) is 7.84. The third-order valence-corrected chi connectivity index (χ3v) is 6.04. The predicted octanol–water partition coefficient (Wildman–Crippen LogP) is 3.90. The Hall–Kier alpha value is -2.24. The van der Waals surface area contributed by atoms with Crippen molar-refractivity contribution in [3.8, 4) is 11.5 Å². The van der Waals surface area contributed by atoms with Crippen molar-refractivity contribution in [1.29, 1.82) is 0 Å². The zero-order valence-electron chi connectivity index (χ0n) is 17.0. The average molecular weight is 371 g/mol. The van der Waals surface area contributed by atoms with Gasteiger partial charge in [0.2, 0.25) is 0 Å². The Morgan fingerprint density at radius 2 is 1.11 bits per heavy atom.